The van der Waals surface area contributed by atoms with Crippen LogP contribution in [0.4, 0.5) is 5.69 Å². The van der Waals surface area contributed by atoms with Gasteiger partial charge in [0.1, 0.15) is 12.3 Å². The first-order chi connectivity index (χ1) is 13.2. The standard InChI is InChI=1S/C21H17N3O3/c25-20(13-24-18-10-3-4-11-19(18)27-14-21(24)26)23-22-12-16-8-5-7-15-6-1-2-9-17(15)16/h1-12H,13-14H2,(H,23,25)/b22-12-. The molecule has 0 saturated heterocycles. The number of para-hydroxylation sites is 2. The van der Waals surface area contributed by atoms with Crippen LogP contribution in [0.5, 0.6) is 5.75 Å². The van der Waals surface area contributed by atoms with Crippen LogP contribution < -0.4 is 15.1 Å². The molecule has 1 heterocycles. The molecule has 0 unspecified atom stereocenters. The molecule has 3 aromatic rings. The maximum atomic E-state index is 12.3. The number of anilines is 1. The summed E-state index contributed by atoms with van der Waals surface area (Å²) in [6.45, 7) is -0.199. The van der Waals surface area contributed by atoms with Crippen LogP contribution in [0.3, 0.4) is 0 Å². The van der Waals surface area contributed by atoms with E-state index < -0.39 is 0 Å². The lowest BCUT2D eigenvalue weighted by molar-refractivity contribution is -0.125. The fourth-order valence-electron chi connectivity index (χ4n) is 3.04. The minimum Gasteiger partial charge on any atom is -0.482 e. The molecule has 0 aliphatic carbocycles. The van der Waals surface area contributed by atoms with E-state index in [0.29, 0.717) is 11.4 Å². The first-order valence-electron chi connectivity index (χ1n) is 8.54. The second-order valence-electron chi connectivity index (χ2n) is 6.10. The number of hydrazone groups is 1. The highest BCUT2D eigenvalue weighted by molar-refractivity contribution is 6.03. The highest BCUT2D eigenvalue weighted by Gasteiger charge is 2.26. The Bertz CT molecular complexity index is 1040. The van der Waals surface area contributed by atoms with Gasteiger partial charge >= 0.3 is 0 Å². The molecule has 4 rings (SSSR count). The molecule has 0 spiro atoms. The van der Waals surface area contributed by atoms with Gasteiger partial charge in [0, 0.05) is 5.56 Å². The highest BCUT2D eigenvalue weighted by Crippen LogP contribution is 2.31. The molecule has 1 aliphatic rings. The van der Waals surface area contributed by atoms with E-state index in [1.165, 1.54) is 4.90 Å². The second kappa shape index (κ2) is 7.29. The molecular weight excluding hydrogens is 342 g/mol. The number of hydrogen-bond donors (Lipinski definition) is 1. The Balaban J connectivity index is 1.46. The van der Waals surface area contributed by atoms with Gasteiger partial charge in [0.2, 0.25) is 0 Å². The topological polar surface area (TPSA) is 71.0 Å². The number of ether oxygens (including phenoxy) is 1. The molecule has 6 nitrogen and oxygen atoms in total. The van der Waals surface area contributed by atoms with Gasteiger partial charge in [-0.3, -0.25) is 14.5 Å². The number of rotatable bonds is 4. The van der Waals surface area contributed by atoms with Crippen molar-refractivity contribution in [3.8, 4) is 5.75 Å². The van der Waals surface area contributed by atoms with Gasteiger partial charge in [0.25, 0.3) is 11.8 Å². The molecular formula is C21H17N3O3. The third-order valence-electron chi connectivity index (χ3n) is 4.33. The number of hydrogen-bond acceptors (Lipinski definition) is 4. The number of fused-ring (bicyclic) bond motifs is 2. The summed E-state index contributed by atoms with van der Waals surface area (Å²) in [7, 11) is 0. The minimum absolute atomic E-state index is 0.0798. The first-order valence-corrected chi connectivity index (χ1v) is 8.54. The Hall–Kier alpha value is -3.67. The Kier molecular flexibility index (Phi) is 4.53. The third-order valence-corrected chi connectivity index (χ3v) is 4.33. The summed E-state index contributed by atoms with van der Waals surface area (Å²) < 4.78 is 5.37. The van der Waals surface area contributed by atoms with Gasteiger partial charge in [-0.25, -0.2) is 5.43 Å². The van der Waals surface area contributed by atoms with Crippen molar-refractivity contribution in [2.75, 3.05) is 18.1 Å². The average molecular weight is 359 g/mol. The van der Waals surface area contributed by atoms with Gasteiger partial charge in [0.15, 0.2) is 6.61 Å². The average Bonchev–Trinajstić information content (AvgIpc) is 2.70. The zero-order valence-electron chi connectivity index (χ0n) is 14.5. The third kappa shape index (κ3) is 3.50. The molecule has 0 atom stereocenters. The summed E-state index contributed by atoms with van der Waals surface area (Å²) in [6.07, 6.45) is 1.61. The van der Waals surface area contributed by atoms with Crippen LogP contribution in [0.25, 0.3) is 10.8 Å². The molecule has 0 aromatic heterocycles. The quantitative estimate of drug-likeness (QED) is 0.575. The van der Waals surface area contributed by atoms with E-state index in [9.17, 15) is 9.59 Å². The largest absolute Gasteiger partial charge is 0.482 e. The zero-order chi connectivity index (χ0) is 18.6. The summed E-state index contributed by atoms with van der Waals surface area (Å²) in [5.74, 6) is -0.0532. The number of benzene rings is 3. The fourth-order valence-corrected chi connectivity index (χ4v) is 3.04. The first kappa shape index (κ1) is 16.8. The maximum Gasteiger partial charge on any atom is 0.265 e. The van der Waals surface area contributed by atoms with Crippen LogP contribution in [0.2, 0.25) is 0 Å². The summed E-state index contributed by atoms with van der Waals surface area (Å²) in [5, 5.41) is 6.20. The van der Waals surface area contributed by atoms with E-state index >= 15 is 0 Å². The van der Waals surface area contributed by atoms with Crippen LogP contribution in [0, 0.1) is 0 Å². The van der Waals surface area contributed by atoms with Crippen LogP contribution in [0.1, 0.15) is 5.56 Å². The van der Waals surface area contributed by atoms with Crippen molar-refractivity contribution in [2.24, 2.45) is 5.10 Å². The number of amides is 2. The van der Waals surface area contributed by atoms with Crippen molar-refractivity contribution in [1.29, 1.82) is 0 Å². The smallest absolute Gasteiger partial charge is 0.265 e. The Labute approximate surface area is 156 Å². The SMILES string of the molecule is O=C(CN1C(=O)COc2ccccc21)N/N=C\c1cccc2ccccc12. The molecule has 134 valence electrons. The van der Waals surface area contributed by atoms with E-state index in [1.807, 2.05) is 48.5 Å². The summed E-state index contributed by atoms with van der Waals surface area (Å²) in [5.41, 5.74) is 3.98. The van der Waals surface area contributed by atoms with E-state index in [-0.39, 0.29) is 25.0 Å². The summed E-state index contributed by atoms with van der Waals surface area (Å²) in [6, 6.07) is 21.0. The normalized spacial score (nSPS) is 13.5. The molecule has 27 heavy (non-hydrogen) atoms. The molecule has 6 heteroatoms. The van der Waals surface area contributed by atoms with Gasteiger partial charge in [-0.2, -0.15) is 5.10 Å². The number of carbonyl (C=O) groups is 2. The van der Waals surface area contributed by atoms with Crippen molar-refractivity contribution >= 4 is 34.5 Å². The van der Waals surface area contributed by atoms with Crippen LogP contribution in [0.15, 0.2) is 71.8 Å². The van der Waals surface area contributed by atoms with Crippen molar-refractivity contribution in [3.05, 3.63) is 72.3 Å². The Morgan fingerprint density at radius 3 is 2.78 bits per heavy atom. The number of carbonyl (C=O) groups excluding carboxylic acids is 2. The summed E-state index contributed by atoms with van der Waals surface area (Å²) >= 11 is 0. The van der Waals surface area contributed by atoms with Gasteiger partial charge < -0.3 is 4.74 Å². The fraction of sp³-hybridized carbons (Fsp3) is 0.0952. The molecule has 2 amide bonds. The predicted octanol–water partition coefficient (Wildman–Crippen LogP) is 2.72. The molecule has 0 radical (unpaired) electrons. The molecule has 1 aliphatic heterocycles. The van der Waals surface area contributed by atoms with Gasteiger partial charge in [-0.15, -0.1) is 0 Å². The van der Waals surface area contributed by atoms with E-state index in [4.69, 9.17) is 4.74 Å². The lowest BCUT2D eigenvalue weighted by Crippen LogP contribution is -2.44. The minimum atomic E-state index is -0.378. The van der Waals surface area contributed by atoms with E-state index in [2.05, 4.69) is 10.5 Å². The second-order valence-corrected chi connectivity index (χ2v) is 6.10. The highest BCUT2D eigenvalue weighted by atomic mass is 16.5. The van der Waals surface area contributed by atoms with E-state index in [1.54, 1.807) is 24.4 Å². The Morgan fingerprint density at radius 2 is 1.85 bits per heavy atom. The summed E-state index contributed by atoms with van der Waals surface area (Å²) in [4.78, 5) is 25.8. The predicted molar refractivity (Wildman–Crippen MR) is 104 cm³/mol. The molecule has 0 saturated carbocycles. The molecule has 0 bridgehead atoms. The van der Waals surface area contributed by atoms with Crippen molar-refractivity contribution in [1.82, 2.24) is 5.43 Å². The molecule has 3 aromatic carbocycles. The Morgan fingerprint density at radius 1 is 1.07 bits per heavy atom. The number of nitrogens with zero attached hydrogens (tertiary/aromatic N) is 2. The lowest BCUT2D eigenvalue weighted by Gasteiger charge is -2.28. The van der Waals surface area contributed by atoms with Crippen LogP contribution >= 0.6 is 0 Å². The van der Waals surface area contributed by atoms with Crippen molar-refractivity contribution < 1.29 is 14.3 Å². The molecule has 0 fully saturated rings. The van der Waals surface area contributed by atoms with Crippen molar-refractivity contribution in [3.63, 3.8) is 0 Å². The molecule has 1 N–H and O–H groups in total. The van der Waals surface area contributed by atoms with Gasteiger partial charge in [-0.05, 0) is 22.9 Å². The zero-order valence-corrected chi connectivity index (χ0v) is 14.5. The number of nitrogens with one attached hydrogen (secondary N) is 1. The van der Waals surface area contributed by atoms with E-state index in [0.717, 1.165) is 16.3 Å². The van der Waals surface area contributed by atoms with Crippen LogP contribution in [-0.4, -0.2) is 31.2 Å². The monoisotopic (exact) mass is 359 g/mol. The van der Waals surface area contributed by atoms with Gasteiger partial charge in [-0.1, -0.05) is 54.6 Å². The van der Waals surface area contributed by atoms with Gasteiger partial charge in [0.05, 0.1) is 11.9 Å². The van der Waals surface area contributed by atoms with Crippen LogP contribution in [-0.2, 0) is 9.59 Å². The maximum absolute atomic E-state index is 12.3. The van der Waals surface area contributed by atoms with Crippen molar-refractivity contribution in [2.45, 2.75) is 0 Å². The lowest BCUT2D eigenvalue weighted by atomic mass is 10.1.